The van der Waals surface area contributed by atoms with Crippen molar-refractivity contribution in [2.45, 2.75) is 26.8 Å². The van der Waals surface area contributed by atoms with Crippen molar-refractivity contribution < 1.29 is 4.79 Å². The van der Waals surface area contributed by atoms with Gasteiger partial charge in [-0.2, -0.15) is 0 Å². The maximum Gasteiger partial charge on any atom is 0.234 e. The van der Waals surface area contributed by atoms with E-state index in [0.717, 1.165) is 30.9 Å². The van der Waals surface area contributed by atoms with Gasteiger partial charge in [0, 0.05) is 31.5 Å². The molecule has 0 radical (unpaired) electrons. The van der Waals surface area contributed by atoms with Gasteiger partial charge >= 0.3 is 0 Å². The molecule has 1 amide bonds. The highest BCUT2D eigenvalue weighted by molar-refractivity contribution is 5.77. The Labute approximate surface area is 115 Å². The van der Waals surface area contributed by atoms with Crippen molar-refractivity contribution in [2.75, 3.05) is 32.0 Å². The summed E-state index contributed by atoms with van der Waals surface area (Å²) in [5.41, 5.74) is 2.03. The second-order valence-electron chi connectivity index (χ2n) is 4.59. The fourth-order valence-corrected chi connectivity index (χ4v) is 1.78. The van der Waals surface area contributed by atoms with E-state index in [4.69, 9.17) is 0 Å². The van der Waals surface area contributed by atoms with Crippen LogP contribution in [-0.4, -0.2) is 42.5 Å². The molecular weight excluding hydrogens is 240 g/mol. The minimum atomic E-state index is 0.0622. The molecule has 0 saturated carbocycles. The lowest BCUT2D eigenvalue weighted by atomic mass is 10.3. The molecule has 0 aliphatic heterocycles. The zero-order chi connectivity index (χ0) is 14.1. The van der Waals surface area contributed by atoms with Gasteiger partial charge in [0.05, 0.1) is 12.2 Å². The van der Waals surface area contributed by atoms with E-state index >= 15 is 0 Å². The van der Waals surface area contributed by atoms with Gasteiger partial charge in [-0.05, 0) is 32.5 Å². The molecule has 0 atom stereocenters. The predicted octanol–water partition coefficient (Wildman–Crippen LogP) is 1.47. The van der Waals surface area contributed by atoms with E-state index in [9.17, 15) is 4.79 Å². The molecule has 2 N–H and O–H groups in total. The lowest BCUT2D eigenvalue weighted by Crippen LogP contribution is -2.35. The molecule has 0 aromatic carbocycles. The Bertz CT molecular complexity index is 395. The Morgan fingerprint density at radius 3 is 2.89 bits per heavy atom. The first-order chi connectivity index (χ1) is 9.15. The van der Waals surface area contributed by atoms with Gasteiger partial charge < -0.3 is 10.6 Å². The zero-order valence-electron chi connectivity index (χ0n) is 12.1. The van der Waals surface area contributed by atoms with Crippen LogP contribution in [0.1, 0.15) is 26.0 Å². The number of rotatable bonds is 8. The van der Waals surface area contributed by atoms with Crippen molar-refractivity contribution in [3.63, 3.8) is 0 Å². The molecule has 0 fully saturated rings. The summed E-state index contributed by atoms with van der Waals surface area (Å²) in [6.07, 6.45) is 2.75. The van der Waals surface area contributed by atoms with Crippen LogP contribution in [0.4, 0.5) is 5.69 Å². The fourth-order valence-electron chi connectivity index (χ4n) is 1.78. The summed E-state index contributed by atoms with van der Waals surface area (Å²) in [4.78, 5) is 17.9. The smallest absolute Gasteiger partial charge is 0.234 e. The molecule has 0 aliphatic carbocycles. The number of likely N-dealkylation sites (N-methyl/N-ethyl adjacent to an activating group) is 1. The Morgan fingerprint density at radius 1 is 1.42 bits per heavy atom. The van der Waals surface area contributed by atoms with E-state index in [0.29, 0.717) is 13.1 Å². The molecule has 5 heteroatoms. The average molecular weight is 264 g/mol. The Morgan fingerprint density at radius 2 is 2.21 bits per heavy atom. The highest BCUT2D eigenvalue weighted by atomic mass is 16.2. The van der Waals surface area contributed by atoms with Gasteiger partial charge in [-0.15, -0.1) is 0 Å². The first kappa shape index (κ1) is 15.4. The Kier molecular flexibility index (Phi) is 6.89. The largest absolute Gasteiger partial charge is 0.385 e. The molecule has 1 aromatic rings. The normalized spacial score (nSPS) is 10.5. The lowest BCUT2D eigenvalue weighted by Gasteiger charge is -2.16. The lowest BCUT2D eigenvalue weighted by molar-refractivity contribution is -0.122. The van der Waals surface area contributed by atoms with Crippen LogP contribution in [0.5, 0.6) is 0 Å². The second kappa shape index (κ2) is 8.48. The highest BCUT2D eigenvalue weighted by Crippen LogP contribution is 2.08. The number of hydrogen-bond donors (Lipinski definition) is 2. The number of aromatic nitrogens is 1. The molecule has 1 heterocycles. The SMILES string of the molecule is CCCNC(=O)CN(C)Cc1cc(NCC)ccn1. The third-order valence-electron chi connectivity index (χ3n) is 2.62. The molecule has 0 spiro atoms. The van der Waals surface area contributed by atoms with Gasteiger partial charge in [0.1, 0.15) is 0 Å². The maximum atomic E-state index is 11.6. The number of hydrogen-bond acceptors (Lipinski definition) is 4. The van der Waals surface area contributed by atoms with Crippen molar-refractivity contribution >= 4 is 11.6 Å². The predicted molar refractivity (Wildman–Crippen MR) is 78.0 cm³/mol. The van der Waals surface area contributed by atoms with Crippen molar-refractivity contribution in [1.29, 1.82) is 0 Å². The van der Waals surface area contributed by atoms with Crippen LogP contribution in [0.15, 0.2) is 18.3 Å². The quantitative estimate of drug-likeness (QED) is 0.746. The number of pyridine rings is 1. The first-order valence-corrected chi connectivity index (χ1v) is 6.79. The maximum absolute atomic E-state index is 11.6. The molecular formula is C14H24N4O. The van der Waals surface area contributed by atoms with Gasteiger partial charge in [-0.1, -0.05) is 6.92 Å². The summed E-state index contributed by atoms with van der Waals surface area (Å²) in [7, 11) is 1.92. The van der Waals surface area contributed by atoms with Gasteiger partial charge in [0.15, 0.2) is 0 Å². The van der Waals surface area contributed by atoms with Crippen molar-refractivity contribution in [3.05, 3.63) is 24.0 Å². The molecule has 1 aromatic heterocycles. The van der Waals surface area contributed by atoms with Crippen molar-refractivity contribution in [2.24, 2.45) is 0 Å². The van der Waals surface area contributed by atoms with E-state index in [-0.39, 0.29) is 5.91 Å². The summed E-state index contributed by atoms with van der Waals surface area (Å²) in [6, 6.07) is 3.96. The van der Waals surface area contributed by atoms with Gasteiger partial charge in [0.25, 0.3) is 0 Å². The second-order valence-corrected chi connectivity index (χ2v) is 4.59. The number of nitrogens with zero attached hydrogens (tertiary/aromatic N) is 2. The van der Waals surface area contributed by atoms with E-state index in [1.807, 2.05) is 31.0 Å². The molecule has 0 unspecified atom stereocenters. The van der Waals surface area contributed by atoms with E-state index in [1.165, 1.54) is 0 Å². The summed E-state index contributed by atoms with van der Waals surface area (Å²) in [6.45, 7) is 6.79. The van der Waals surface area contributed by atoms with Crippen LogP contribution in [-0.2, 0) is 11.3 Å². The van der Waals surface area contributed by atoms with E-state index < -0.39 is 0 Å². The fraction of sp³-hybridized carbons (Fsp3) is 0.571. The van der Waals surface area contributed by atoms with E-state index in [1.54, 1.807) is 6.20 Å². The molecule has 106 valence electrons. The van der Waals surface area contributed by atoms with Crippen LogP contribution in [0, 0.1) is 0 Å². The summed E-state index contributed by atoms with van der Waals surface area (Å²) >= 11 is 0. The van der Waals surface area contributed by atoms with Crippen molar-refractivity contribution in [3.8, 4) is 0 Å². The molecule has 1 rings (SSSR count). The zero-order valence-corrected chi connectivity index (χ0v) is 12.1. The summed E-state index contributed by atoms with van der Waals surface area (Å²) in [5, 5.41) is 6.12. The monoisotopic (exact) mass is 264 g/mol. The number of amides is 1. The molecule has 5 nitrogen and oxygen atoms in total. The van der Waals surface area contributed by atoms with Crippen LogP contribution in [0.2, 0.25) is 0 Å². The molecule has 19 heavy (non-hydrogen) atoms. The third-order valence-corrected chi connectivity index (χ3v) is 2.62. The first-order valence-electron chi connectivity index (χ1n) is 6.79. The van der Waals surface area contributed by atoms with Crippen LogP contribution >= 0.6 is 0 Å². The van der Waals surface area contributed by atoms with Gasteiger partial charge in [0.2, 0.25) is 5.91 Å². The van der Waals surface area contributed by atoms with Crippen LogP contribution < -0.4 is 10.6 Å². The molecule has 0 saturated heterocycles. The Balaban J connectivity index is 2.45. The van der Waals surface area contributed by atoms with Crippen LogP contribution in [0.3, 0.4) is 0 Å². The highest BCUT2D eigenvalue weighted by Gasteiger charge is 2.07. The van der Waals surface area contributed by atoms with Gasteiger partial charge in [-0.25, -0.2) is 0 Å². The average Bonchev–Trinajstić information content (AvgIpc) is 2.37. The third kappa shape index (κ3) is 6.20. The number of carbonyl (C=O) groups is 1. The van der Waals surface area contributed by atoms with E-state index in [2.05, 4.69) is 22.5 Å². The number of nitrogens with one attached hydrogen (secondary N) is 2. The summed E-state index contributed by atoms with van der Waals surface area (Å²) < 4.78 is 0. The van der Waals surface area contributed by atoms with Crippen LogP contribution in [0.25, 0.3) is 0 Å². The van der Waals surface area contributed by atoms with Crippen molar-refractivity contribution in [1.82, 2.24) is 15.2 Å². The minimum absolute atomic E-state index is 0.0622. The minimum Gasteiger partial charge on any atom is -0.385 e. The molecule has 0 bridgehead atoms. The van der Waals surface area contributed by atoms with Gasteiger partial charge in [-0.3, -0.25) is 14.7 Å². The number of carbonyl (C=O) groups excluding carboxylic acids is 1. The Hall–Kier alpha value is -1.62. The topological polar surface area (TPSA) is 57.3 Å². The molecule has 0 aliphatic rings. The standard InChI is InChI=1S/C14H24N4O/c1-4-7-17-14(19)11-18(3)10-13-9-12(15-5-2)6-8-16-13/h6,8-9H,4-5,7,10-11H2,1-3H3,(H,15,16)(H,17,19). The number of anilines is 1. The summed E-state index contributed by atoms with van der Waals surface area (Å²) in [5.74, 6) is 0.0622.